The molecule has 4 aliphatic rings. The number of carbonyl (C=O) groups excluding carboxylic acids is 2. The summed E-state index contributed by atoms with van der Waals surface area (Å²) in [4.78, 5) is 41.6. The number of phenolic OH excluding ortho intramolecular Hbond substituents is 1. The molecule has 1 aromatic rings. The number of amides is 1. The summed E-state index contributed by atoms with van der Waals surface area (Å²) in [6, 6.07) is 4.79. The number of aliphatic carboxylic acids is 1. The van der Waals surface area contributed by atoms with Gasteiger partial charge in [-0.3, -0.25) is 19.5 Å². The van der Waals surface area contributed by atoms with E-state index in [1.54, 1.807) is 6.21 Å². The number of fused-ring (bicyclic) bond motifs is 1. The van der Waals surface area contributed by atoms with Crippen LogP contribution in [0.15, 0.2) is 28.4 Å². The molecule has 3 N–H and O–H groups in total. The van der Waals surface area contributed by atoms with E-state index in [1.165, 1.54) is 87.8 Å². The van der Waals surface area contributed by atoms with E-state index in [0.717, 1.165) is 28.8 Å². The Hall–Kier alpha value is -2.85. The van der Waals surface area contributed by atoms with Crippen molar-refractivity contribution in [1.82, 2.24) is 10.2 Å². The van der Waals surface area contributed by atoms with Gasteiger partial charge >= 0.3 is 11.9 Å². The van der Waals surface area contributed by atoms with Crippen LogP contribution in [0.2, 0.25) is 0 Å². The lowest BCUT2D eigenvalue weighted by Crippen LogP contribution is -2.64. The summed E-state index contributed by atoms with van der Waals surface area (Å²) in [6.07, 6.45) is 16.2. The van der Waals surface area contributed by atoms with Crippen LogP contribution in [0.1, 0.15) is 129 Å². The zero-order valence-electron chi connectivity index (χ0n) is 29.4. The van der Waals surface area contributed by atoms with E-state index in [0.29, 0.717) is 11.3 Å². The lowest BCUT2D eigenvalue weighted by Gasteiger charge is -2.47. The predicted molar refractivity (Wildman–Crippen MR) is 188 cm³/mol. The number of nitrogens with one attached hydrogen (secondary N) is 1. The van der Waals surface area contributed by atoms with Crippen LogP contribution in [0.5, 0.6) is 5.75 Å². The molecule has 1 saturated heterocycles. The fraction of sp³-hybridized carbons (Fsp3) is 0.676. The third kappa shape index (κ3) is 9.40. The number of carboxylic acids is 1. The van der Waals surface area contributed by atoms with Crippen molar-refractivity contribution >= 4 is 35.8 Å². The molecule has 2 atom stereocenters. The molecule has 0 spiro atoms. The van der Waals surface area contributed by atoms with Gasteiger partial charge in [0.05, 0.1) is 0 Å². The van der Waals surface area contributed by atoms with Crippen molar-refractivity contribution in [3.8, 4) is 5.75 Å². The molecular formula is C37H55N3O6S. The Morgan fingerprint density at radius 2 is 1.47 bits per heavy atom. The summed E-state index contributed by atoms with van der Waals surface area (Å²) < 4.78 is 4.96. The maximum atomic E-state index is 12.9. The molecule has 0 bridgehead atoms. The monoisotopic (exact) mass is 669 g/mol. The van der Waals surface area contributed by atoms with Gasteiger partial charge < -0.3 is 20.3 Å². The number of aliphatic imine (C=N–C) groups is 1. The van der Waals surface area contributed by atoms with Gasteiger partial charge in [0.1, 0.15) is 23.4 Å². The van der Waals surface area contributed by atoms with E-state index in [2.05, 4.69) is 10.3 Å². The third-order valence-corrected chi connectivity index (χ3v) is 10.8. The molecule has 1 aromatic carbocycles. The zero-order valence-corrected chi connectivity index (χ0v) is 30.2. The van der Waals surface area contributed by atoms with Crippen molar-refractivity contribution in [1.29, 1.82) is 0 Å². The molecule has 0 unspecified atom stereocenters. The highest BCUT2D eigenvalue weighted by Crippen LogP contribution is 2.43. The predicted octanol–water partition coefficient (Wildman–Crippen LogP) is 6.83. The van der Waals surface area contributed by atoms with Gasteiger partial charge in [0.15, 0.2) is 6.04 Å². The Morgan fingerprint density at radius 3 is 1.91 bits per heavy atom. The Bertz CT molecular complexity index is 1310. The first kappa shape index (κ1) is 37.0. The molecule has 2 heterocycles. The van der Waals surface area contributed by atoms with Gasteiger partial charge in [-0.2, -0.15) is 0 Å². The number of ether oxygens (including phenoxy) is 1. The zero-order chi connectivity index (χ0) is 34.5. The Morgan fingerprint density at radius 1 is 0.957 bits per heavy atom. The highest BCUT2D eigenvalue weighted by Gasteiger charge is 2.53. The summed E-state index contributed by atoms with van der Waals surface area (Å²) >= 11 is 1.40. The number of β-lactam (4-membered cyclic amide) rings is 1. The van der Waals surface area contributed by atoms with Crippen LogP contribution >= 0.6 is 11.8 Å². The quantitative estimate of drug-likeness (QED) is 0.164. The SMILES string of the molecule is C1CCC(NC2CCCCC2)CC1.CC(=O)OCC1=C(C(=O)O)N2C(=O)[C@@H](/N=C/c3cc(C(C)(C)C)c(O)c(C(C)(C)C)c3)[C@H]2SC1. The number of rotatable bonds is 7. The number of carboxylic acid groups (broad SMARTS) is 1. The smallest absolute Gasteiger partial charge is 0.352 e. The molecule has 0 aromatic heterocycles. The maximum Gasteiger partial charge on any atom is 0.352 e. The van der Waals surface area contributed by atoms with Gasteiger partial charge in [-0.25, -0.2) is 4.79 Å². The van der Waals surface area contributed by atoms with Crippen LogP contribution in [-0.2, 0) is 30.0 Å². The fourth-order valence-corrected chi connectivity index (χ4v) is 8.20. The first-order chi connectivity index (χ1) is 22.1. The standard InChI is InChI=1S/C25H32N2O6S.C12H23N/c1-13(28)33-11-15-12-34-22-18(21(30)27(22)19(15)23(31)32)26-10-14-8-16(24(2,3)4)20(29)17(9-14)25(5,6)7;1-3-7-11(8-4-1)13-12-9-5-2-6-10-12/h8-10,18,22,29H,11-12H2,1-7H3,(H,31,32);11-13H,1-10H2/b26-10+;/t18-,22-;/m1./s1. The molecule has 47 heavy (non-hydrogen) atoms. The van der Waals surface area contributed by atoms with Gasteiger partial charge in [0, 0.05) is 47.7 Å². The highest BCUT2D eigenvalue weighted by molar-refractivity contribution is 8.00. The highest BCUT2D eigenvalue weighted by atomic mass is 32.2. The van der Waals surface area contributed by atoms with Crippen LogP contribution in [-0.4, -0.2) is 75.0 Å². The second-order valence-corrected chi connectivity index (χ2v) is 16.6. The minimum absolute atomic E-state index is 0.129. The topological polar surface area (TPSA) is 129 Å². The Balaban J connectivity index is 0.000000318. The van der Waals surface area contributed by atoms with Crippen LogP contribution in [0, 0.1) is 0 Å². The Labute approximate surface area is 285 Å². The summed E-state index contributed by atoms with van der Waals surface area (Å²) in [7, 11) is 0. The minimum atomic E-state index is -1.23. The van der Waals surface area contributed by atoms with E-state index in [9.17, 15) is 24.6 Å². The van der Waals surface area contributed by atoms with E-state index < -0.39 is 29.3 Å². The molecule has 5 rings (SSSR count). The van der Waals surface area contributed by atoms with Gasteiger partial charge in [-0.1, -0.05) is 80.1 Å². The molecule has 2 aliphatic heterocycles. The van der Waals surface area contributed by atoms with Crippen LogP contribution in [0.3, 0.4) is 0 Å². The van der Waals surface area contributed by atoms with Crippen LogP contribution in [0.4, 0.5) is 0 Å². The van der Waals surface area contributed by atoms with E-state index >= 15 is 0 Å². The lowest BCUT2D eigenvalue weighted by atomic mass is 9.78. The van der Waals surface area contributed by atoms with Crippen molar-refractivity contribution < 1.29 is 29.3 Å². The van der Waals surface area contributed by atoms with Crippen molar-refractivity contribution in [2.45, 2.75) is 147 Å². The summed E-state index contributed by atoms with van der Waals surface area (Å²) in [5.74, 6) is -1.55. The molecular weight excluding hydrogens is 614 g/mol. The molecule has 10 heteroatoms. The molecule has 1 amide bonds. The maximum absolute atomic E-state index is 12.9. The lowest BCUT2D eigenvalue weighted by molar-refractivity contribution is -0.148. The number of carbonyl (C=O) groups is 3. The van der Waals surface area contributed by atoms with E-state index in [1.807, 2.05) is 53.7 Å². The number of hydrogen-bond donors (Lipinski definition) is 3. The Kier molecular flexibility index (Phi) is 12.3. The van der Waals surface area contributed by atoms with Crippen LogP contribution < -0.4 is 5.32 Å². The summed E-state index contributed by atoms with van der Waals surface area (Å²) in [5.41, 5.74) is 2.02. The number of nitrogens with zero attached hydrogens (tertiary/aromatic N) is 2. The normalized spacial score (nSPS) is 22.8. The van der Waals surface area contributed by atoms with Gasteiger partial charge in [-0.15, -0.1) is 11.8 Å². The third-order valence-electron chi connectivity index (χ3n) is 9.49. The minimum Gasteiger partial charge on any atom is -0.507 e. The van der Waals surface area contributed by atoms with E-state index in [4.69, 9.17) is 4.74 Å². The number of aromatic hydroxyl groups is 1. The van der Waals surface area contributed by atoms with Gasteiger partial charge in [-0.05, 0) is 54.2 Å². The molecule has 0 radical (unpaired) electrons. The summed E-state index contributed by atoms with van der Waals surface area (Å²) in [5, 5.41) is 24.0. The number of benzene rings is 1. The number of esters is 1. The van der Waals surface area contributed by atoms with E-state index in [-0.39, 0.29) is 28.9 Å². The second-order valence-electron chi connectivity index (χ2n) is 15.5. The van der Waals surface area contributed by atoms with Crippen molar-refractivity contribution in [2.75, 3.05) is 12.4 Å². The average Bonchev–Trinajstić information content (AvgIpc) is 3.00. The van der Waals surface area contributed by atoms with Gasteiger partial charge in [0.2, 0.25) is 0 Å². The molecule has 260 valence electrons. The number of hydrogen-bond acceptors (Lipinski definition) is 8. The second kappa shape index (κ2) is 15.6. The average molecular weight is 670 g/mol. The molecule has 2 saturated carbocycles. The van der Waals surface area contributed by atoms with Gasteiger partial charge in [0.25, 0.3) is 5.91 Å². The number of phenols is 1. The number of thioether (sulfide) groups is 1. The fourth-order valence-electron chi connectivity index (χ4n) is 6.88. The summed E-state index contributed by atoms with van der Waals surface area (Å²) in [6.45, 7) is 13.2. The van der Waals surface area contributed by atoms with Crippen molar-refractivity contribution in [2.24, 2.45) is 4.99 Å². The first-order valence-electron chi connectivity index (χ1n) is 17.3. The van der Waals surface area contributed by atoms with Crippen LogP contribution in [0.25, 0.3) is 0 Å². The molecule has 3 fully saturated rings. The molecule has 2 aliphatic carbocycles. The molecule has 9 nitrogen and oxygen atoms in total. The van der Waals surface area contributed by atoms with Crippen molar-refractivity contribution in [3.05, 3.63) is 40.1 Å². The first-order valence-corrected chi connectivity index (χ1v) is 18.3. The van der Waals surface area contributed by atoms with Crippen molar-refractivity contribution in [3.63, 3.8) is 0 Å². The largest absolute Gasteiger partial charge is 0.507 e.